The smallest absolute Gasteiger partial charge is 0.117 e. The predicted molar refractivity (Wildman–Crippen MR) is 89.0 cm³/mol. The molecule has 1 aliphatic heterocycles. The van der Waals surface area contributed by atoms with Crippen LogP contribution in [-0.2, 0) is 5.41 Å². The highest BCUT2D eigenvalue weighted by molar-refractivity contribution is 5.56. The van der Waals surface area contributed by atoms with Crippen molar-refractivity contribution in [2.45, 2.75) is 26.2 Å². The lowest BCUT2D eigenvalue weighted by Crippen LogP contribution is -2.44. The van der Waals surface area contributed by atoms with Gasteiger partial charge >= 0.3 is 0 Å². The van der Waals surface area contributed by atoms with Crippen molar-refractivity contribution >= 4 is 5.69 Å². The molecule has 0 unspecified atom stereocenters. The second kappa shape index (κ2) is 5.65. The Balaban J connectivity index is 2.09. The van der Waals surface area contributed by atoms with E-state index in [1.54, 1.807) is 12.1 Å². The van der Waals surface area contributed by atoms with Gasteiger partial charge in [0.2, 0.25) is 0 Å². The molecule has 1 fully saturated rings. The molecule has 1 aromatic carbocycles. The molecule has 0 radical (unpaired) electrons. The van der Waals surface area contributed by atoms with Crippen LogP contribution in [0.15, 0.2) is 30.5 Å². The van der Waals surface area contributed by atoms with E-state index in [9.17, 15) is 5.11 Å². The second-order valence-electron chi connectivity index (χ2n) is 6.80. The molecular formula is C17H24N4O. The zero-order valence-electron chi connectivity index (χ0n) is 13.5. The van der Waals surface area contributed by atoms with Gasteiger partial charge in [-0.1, -0.05) is 26.8 Å². The molecule has 2 aromatic rings. The Morgan fingerprint density at radius 1 is 1.18 bits per heavy atom. The molecule has 1 aromatic heterocycles. The Hall–Kier alpha value is -2.01. The summed E-state index contributed by atoms with van der Waals surface area (Å²) in [6.07, 6.45) is 1.95. The van der Waals surface area contributed by atoms with Crippen LogP contribution in [0, 0.1) is 0 Å². The summed E-state index contributed by atoms with van der Waals surface area (Å²) < 4.78 is 1.96. The Morgan fingerprint density at radius 3 is 2.55 bits per heavy atom. The van der Waals surface area contributed by atoms with Crippen LogP contribution in [0.4, 0.5) is 5.69 Å². The number of hydrogen-bond donors (Lipinski definition) is 2. The lowest BCUT2D eigenvalue weighted by atomic mass is 9.90. The number of nitrogens with one attached hydrogen (secondary N) is 1. The quantitative estimate of drug-likeness (QED) is 0.893. The molecule has 1 saturated heterocycles. The fourth-order valence-corrected chi connectivity index (χ4v) is 3.00. The standard InChI is InChI=1S/C17H24N4O/c1-17(2,3)16-15(20-9-7-18-8-10-20)12-19-21(16)13-5-4-6-14(22)11-13/h4-6,11-12,18,22H,7-10H2,1-3H3. The van der Waals surface area contributed by atoms with E-state index in [4.69, 9.17) is 0 Å². The Morgan fingerprint density at radius 2 is 1.91 bits per heavy atom. The van der Waals surface area contributed by atoms with Crippen molar-refractivity contribution in [2.24, 2.45) is 0 Å². The van der Waals surface area contributed by atoms with Crippen molar-refractivity contribution in [3.8, 4) is 11.4 Å². The normalized spacial score (nSPS) is 16.0. The second-order valence-corrected chi connectivity index (χ2v) is 6.80. The molecule has 5 nitrogen and oxygen atoms in total. The molecule has 0 spiro atoms. The Kier molecular flexibility index (Phi) is 3.83. The van der Waals surface area contributed by atoms with Gasteiger partial charge in [0.15, 0.2) is 0 Å². The highest BCUT2D eigenvalue weighted by Crippen LogP contribution is 2.34. The highest BCUT2D eigenvalue weighted by Gasteiger charge is 2.28. The third-order valence-electron chi connectivity index (χ3n) is 3.99. The minimum absolute atomic E-state index is 0.0395. The summed E-state index contributed by atoms with van der Waals surface area (Å²) in [5.74, 6) is 0.261. The highest BCUT2D eigenvalue weighted by atomic mass is 16.3. The minimum Gasteiger partial charge on any atom is -0.508 e. The molecule has 2 N–H and O–H groups in total. The summed E-state index contributed by atoms with van der Waals surface area (Å²) in [7, 11) is 0. The number of piperazine rings is 1. The third kappa shape index (κ3) is 2.81. The minimum atomic E-state index is -0.0395. The van der Waals surface area contributed by atoms with Crippen molar-refractivity contribution in [3.05, 3.63) is 36.2 Å². The number of benzene rings is 1. The average Bonchev–Trinajstić information content (AvgIpc) is 2.93. The number of hydrogen-bond acceptors (Lipinski definition) is 4. The van der Waals surface area contributed by atoms with Gasteiger partial charge in [-0.2, -0.15) is 5.10 Å². The topological polar surface area (TPSA) is 53.3 Å². The zero-order chi connectivity index (χ0) is 15.7. The van der Waals surface area contributed by atoms with E-state index in [2.05, 4.69) is 36.1 Å². The first kappa shape index (κ1) is 14.9. The maximum absolute atomic E-state index is 9.76. The predicted octanol–water partition coefficient (Wildman–Crippen LogP) is 2.29. The molecule has 0 atom stereocenters. The van der Waals surface area contributed by atoms with E-state index >= 15 is 0 Å². The van der Waals surface area contributed by atoms with Crippen LogP contribution in [0.25, 0.3) is 5.69 Å². The molecule has 0 bridgehead atoms. The van der Waals surface area contributed by atoms with Crippen LogP contribution in [-0.4, -0.2) is 41.1 Å². The molecule has 0 saturated carbocycles. The van der Waals surface area contributed by atoms with Crippen LogP contribution in [0.3, 0.4) is 0 Å². The fraction of sp³-hybridized carbons (Fsp3) is 0.471. The number of phenolic OH excluding ortho intramolecular Hbond substituents is 1. The first-order valence-electron chi connectivity index (χ1n) is 7.80. The van der Waals surface area contributed by atoms with Crippen molar-refractivity contribution in [2.75, 3.05) is 31.1 Å². The van der Waals surface area contributed by atoms with E-state index < -0.39 is 0 Å². The van der Waals surface area contributed by atoms with Gasteiger partial charge in [0, 0.05) is 37.7 Å². The SMILES string of the molecule is CC(C)(C)c1c(N2CCNCC2)cnn1-c1cccc(O)c1. The maximum atomic E-state index is 9.76. The molecule has 2 heterocycles. The maximum Gasteiger partial charge on any atom is 0.117 e. The van der Waals surface area contributed by atoms with Crippen molar-refractivity contribution in [1.82, 2.24) is 15.1 Å². The molecular weight excluding hydrogens is 276 g/mol. The number of anilines is 1. The Bertz CT molecular complexity index is 651. The van der Waals surface area contributed by atoms with Crippen molar-refractivity contribution in [1.29, 1.82) is 0 Å². The Labute approximate surface area is 131 Å². The number of aromatic nitrogens is 2. The van der Waals surface area contributed by atoms with Crippen LogP contribution in [0.5, 0.6) is 5.75 Å². The number of rotatable bonds is 2. The molecule has 118 valence electrons. The largest absolute Gasteiger partial charge is 0.508 e. The molecule has 0 aliphatic carbocycles. The number of phenols is 1. The lowest BCUT2D eigenvalue weighted by Gasteiger charge is -2.32. The van der Waals surface area contributed by atoms with E-state index in [1.165, 1.54) is 11.4 Å². The molecule has 5 heteroatoms. The zero-order valence-corrected chi connectivity index (χ0v) is 13.5. The van der Waals surface area contributed by atoms with Crippen LogP contribution in [0.2, 0.25) is 0 Å². The van der Waals surface area contributed by atoms with Gasteiger partial charge in [-0.3, -0.25) is 0 Å². The van der Waals surface area contributed by atoms with Crippen molar-refractivity contribution < 1.29 is 5.11 Å². The molecule has 0 amide bonds. The first-order chi connectivity index (χ1) is 10.5. The van der Waals surface area contributed by atoms with E-state index in [0.29, 0.717) is 0 Å². The molecule has 3 rings (SSSR count). The van der Waals surface area contributed by atoms with Gasteiger partial charge in [-0.25, -0.2) is 4.68 Å². The van der Waals surface area contributed by atoms with Gasteiger partial charge in [-0.05, 0) is 12.1 Å². The van der Waals surface area contributed by atoms with Crippen molar-refractivity contribution in [3.63, 3.8) is 0 Å². The number of aromatic hydroxyl groups is 1. The van der Waals surface area contributed by atoms with Crippen LogP contribution < -0.4 is 10.2 Å². The van der Waals surface area contributed by atoms with E-state index in [1.807, 2.05) is 23.0 Å². The number of nitrogens with zero attached hydrogens (tertiary/aromatic N) is 3. The van der Waals surface area contributed by atoms with Gasteiger partial charge in [0.1, 0.15) is 5.75 Å². The molecule has 22 heavy (non-hydrogen) atoms. The molecule has 1 aliphatic rings. The fourth-order valence-electron chi connectivity index (χ4n) is 3.00. The van der Waals surface area contributed by atoms with E-state index in [0.717, 1.165) is 31.9 Å². The van der Waals surface area contributed by atoms with E-state index in [-0.39, 0.29) is 11.2 Å². The summed E-state index contributed by atoms with van der Waals surface area (Å²) >= 11 is 0. The average molecular weight is 300 g/mol. The van der Waals surface area contributed by atoms with Gasteiger partial charge in [0.05, 0.1) is 23.3 Å². The van der Waals surface area contributed by atoms with Gasteiger partial charge in [0.25, 0.3) is 0 Å². The van der Waals surface area contributed by atoms with Crippen LogP contribution >= 0.6 is 0 Å². The van der Waals surface area contributed by atoms with Gasteiger partial charge < -0.3 is 15.3 Å². The third-order valence-corrected chi connectivity index (χ3v) is 3.99. The summed E-state index contributed by atoms with van der Waals surface area (Å²) in [4.78, 5) is 2.39. The van der Waals surface area contributed by atoms with Gasteiger partial charge in [-0.15, -0.1) is 0 Å². The lowest BCUT2D eigenvalue weighted by molar-refractivity contribution is 0.474. The summed E-state index contributed by atoms with van der Waals surface area (Å²) in [6.45, 7) is 10.6. The first-order valence-corrected chi connectivity index (χ1v) is 7.80. The monoisotopic (exact) mass is 300 g/mol. The summed E-state index contributed by atoms with van der Waals surface area (Å²) in [5, 5.41) is 17.8. The summed E-state index contributed by atoms with van der Waals surface area (Å²) in [6, 6.07) is 7.26. The van der Waals surface area contributed by atoms with Crippen LogP contribution in [0.1, 0.15) is 26.5 Å². The summed E-state index contributed by atoms with van der Waals surface area (Å²) in [5.41, 5.74) is 3.23.